The third-order valence-corrected chi connectivity index (χ3v) is 4.65. The van der Waals surface area contributed by atoms with Crippen LogP contribution in [0.4, 0.5) is 4.79 Å². The van der Waals surface area contributed by atoms with Gasteiger partial charge in [-0.2, -0.15) is 0 Å². The fourth-order valence-electron chi connectivity index (χ4n) is 3.39. The number of amides is 1. The van der Waals surface area contributed by atoms with Crippen molar-refractivity contribution in [3.05, 3.63) is 22.8 Å². The van der Waals surface area contributed by atoms with Crippen LogP contribution in [0.2, 0.25) is 0 Å². The molecule has 7 heteroatoms. The molecule has 0 radical (unpaired) electrons. The highest BCUT2D eigenvalue weighted by Gasteiger charge is 2.34. The molecule has 0 saturated carbocycles. The predicted molar refractivity (Wildman–Crippen MR) is 94.1 cm³/mol. The minimum Gasteiger partial charge on any atom is -0.496 e. The first-order valence-electron chi connectivity index (χ1n) is 8.52. The highest BCUT2D eigenvalue weighted by atomic mass is 16.5. The number of aliphatic hydroxyl groups excluding tert-OH is 1. The van der Waals surface area contributed by atoms with Gasteiger partial charge in [-0.3, -0.25) is 0 Å². The molecule has 1 heterocycles. The Bertz CT molecular complexity index is 606. The van der Waals surface area contributed by atoms with Gasteiger partial charge in [-0.25, -0.2) is 4.79 Å². The molecule has 140 valence electrons. The van der Waals surface area contributed by atoms with Crippen LogP contribution in [-0.2, 0) is 24.2 Å². The van der Waals surface area contributed by atoms with Gasteiger partial charge in [0.15, 0.2) is 0 Å². The molecule has 0 saturated heterocycles. The minimum absolute atomic E-state index is 0.0548. The number of fused-ring (bicyclic) bond motifs is 1. The Hall–Kier alpha value is -1.99. The summed E-state index contributed by atoms with van der Waals surface area (Å²) in [4.78, 5) is 13.9. The molecule has 1 aromatic rings. The Labute approximate surface area is 148 Å². The maximum Gasteiger partial charge on any atom is 0.410 e. The number of nitrogens with zero attached hydrogens (tertiary/aromatic N) is 1. The fourth-order valence-corrected chi connectivity index (χ4v) is 3.39. The first-order chi connectivity index (χ1) is 12.1. The van der Waals surface area contributed by atoms with Gasteiger partial charge in [0.25, 0.3) is 0 Å². The topological polar surface area (TPSA) is 80.3 Å². The molecule has 1 unspecified atom stereocenters. The van der Waals surface area contributed by atoms with E-state index in [2.05, 4.69) is 12.2 Å². The Balaban J connectivity index is 2.46. The number of hydrogen-bond acceptors (Lipinski definition) is 6. The molecule has 1 amide bonds. The van der Waals surface area contributed by atoms with Gasteiger partial charge < -0.3 is 29.5 Å². The van der Waals surface area contributed by atoms with Crippen LogP contribution in [0.1, 0.15) is 30.0 Å². The zero-order valence-electron chi connectivity index (χ0n) is 15.4. The van der Waals surface area contributed by atoms with Crippen LogP contribution < -0.4 is 14.8 Å². The minimum atomic E-state index is -0.327. The van der Waals surface area contributed by atoms with Crippen molar-refractivity contribution in [1.29, 1.82) is 0 Å². The summed E-state index contributed by atoms with van der Waals surface area (Å²) in [7, 11) is 4.69. The second kappa shape index (κ2) is 8.92. The molecule has 0 aliphatic carbocycles. The molecule has 0 aromatic heterocycles. The van der Waals surface area contributed by atoms with Gasteiger partial charge in [-0.15, -0.1) is 0 Å². The summed E-state index contributed by atoms with van der Waals surface area (Å²) < 4.78 is 16.2. The van der Waals surface area contributed by atoms with E-state index in [1.165, 1.54) is 7.11 Å². The van der Waals surface area contributed by atoms with Gasteiger partial charge in [0.1, 0.15) is 11.5 Å². The lowest BCUT2D eigenvalue weighted by molar-refractivity contribution is 0.0939. The smallest absolute Gasteiger partial charge is 0.410 e. The number of nitrogens with one attached hydrogen (secondary N) is 1. The van der Waals surface area contributed by atoms with Crippen molar-refractivity contribution in [3.8, 4) is 11.5 Å². The van der Waals surface area contributed by atoms with Crippen LogP contribution in [-0.4, -0.2) is 56.6 Å². The number of rotatable bonds is 7. The second-order valence-electron chi connectivity index (χ2n) is 5.99. The van der Waals surface area contributed by atoms with Crippen LogP contribution in [0.3, 0.4) is 0 Å². The third kappa shape index (κ3) is 3.99. The Kier molecular flexibility index (Phi) is 6.90. The third-order valence-electron chi connectivity index (χ3n) is 4.65. The molecule has 25 heavy (non-hydrogen) atoms. The SMILES string of the molecule is CCC1Cc2c(c(OC)cc(CNCCO)c2OC)CN1C(=O)OC. The average molecular weight is 352 g/mol. The lowest BCUT2D eigenvalue weighted by Gasteiger charge is -2.37. The quantitative estimate of drug-likeness (QED) is 0.727. The molecule has 7 nitrogen and oxygen atoms in total. The first kappa shape index (κ1) is 19.3. The molecule has 2 rings (SSSR count). The van der Waals surface area contributed by atoms with Crippen LogP contribution in [0.25, 0.3) is 0 Å². The predicted octanol–water partition coefficient (Wildman–Crippen LogP) is 1.69. The number of carbonyl (C=O) groups is 1. The highest BCUT2D eigenvalue weighted by molar-refractivity contribution is 5.69. The molecule has 1 aliphatic rings. The molecule has 0 bridgehead atoms. The number of ether oxygens (including phenoxy) is 3. The zero-order chi connectivity index (χ0) is 18.4. The maximum atomic E-state index is 12.1. The van der Waals surface area contributed by atoms with Crippen molar-refractivity contribution in [2.24, 2.45) is 0 Å². The Morgan fingerprint density at radius 2 is 2.08 bits per heavy atom. The van der Waals surface area contributed by atoms with Crippen molar-refractivity contribution in [2.75, 3.05) is 34.5 Å². The van der Waals surface area contributed by atoms with Crippen LogP contribution in [0.5, 0.6) is 11.5 Å². The Morgan fingerprint density at radius 1 is 1.32 bits per heavy atom. The number of aliphatic hydroxyl groups is 1. The molecule has 2 N–H and O–H groups in total. The number of hydrogen-bond donors (Lipinski definition) is 2. The van der Waals surface area contributed by atoms with Gasteiger partial charge >= 0.3 is 6.09 Å². The van der Waals surface area contributed by atoms with E-state index in [9.17, 15) is 4.79 Å². The van der Waals surface area contributed by atoms with Crippen molar-refractivity contribution < 1.29 is 24.1 Å². The van der Waals surface area contributed by atoms with E-state index in [0.717, 1.165) is 34.6 Å². The summed E-state index contributed by atoms with van der Waals surface area (Å²) in [5, 5.41) is 12.1. The van der Waals surface area contributed by atoms with E-state index in [-0.39, 0.29) is 18.7 Å². The normalized spacial score (nSPS) is 16.4. The van der Waals surface area contributed by atoms with Gasteiger partial charge in [-0.1, -0.05) is 6.92 Å². The monoisotopic (exact) mass is 352 g/mol. The molecule has 0 spiro atoms. The van der Waals surface area contributed by atoms with Crippen molar-refractivity contribution >= 4 is 6.09 Å². The van der Waals surface area contributed by atoms with E-state index in [1.807, 2.05) is 6.07 Å². The summed E-state index contributed by atoms with van der Waals surface area (Å²) in [5.41, 5.74) is 3.02. The van der Waals surface area contributed by atoms with Crippen LogP contribution in [0.15, 0.2) is 6.07 Å². The van der Waals surface area contributed by atoms with Crippen molar-refractivity contribution in [3.63, 3.8) is 0 Å². The summed E-state index contributed by atoms with van der Waals surface area (Å²) in [6, 6.07) is 1.99. The fraction of sp³-hybridized carbons (Fsp3) is 0.611. The number of benzene rings is 1. The van der Waals surface area contributed by atoms with Gasteiger partial charge in [-0.05, 0) is 18.9 Å². The zero-order valence-corrected chi connectivity index (χ0v) is 15.4. The molecule has 1 atom stereocenters. The van der Waals surface area contributed by atoms with Gasteiger partial charge in [0, 0.05) is 35.8 Å². The molecular formula is C18H28N2O5. The highest BCUT2D eigenvalue weighted by Crippen LogP contribution is 2.40. The van der Waals surface area contributed by atoms with Gasteiger partial charge in [0.05, 0.1) is 34.5 Å². The van der Waals surface area contributed by atoms with E-state index in [4.69, 9.17) is 19.3 Å². The van der Waals surface area contributed by atoms with E-state index in [1.54, 1.807) is 19.1 Å². The molecular weight excluding hydrogens is 324 g/mol. The first-order valence-corrected chi connectivity index (χ1v) is 8.52. The van der Waals surface area contributed by atoms with E-state index >= 15 is 0 Å². The number of methoxy groups -OCH3 is 3. The Morgan fingerprint density at radius 3 is 2.64 bits per heavy atom. The standard InChI is InChI=1S/C18H28N2O5/c1-5-13-9-14-15(11-20(13)18(22)25-4)16(23-2)8-12(17(14)24-3)10-19-6-7-21/h8,13,19,21H,5-7,9-11H2,1-4H3. The second-order valence-corrected chi connectivity index (χ2v) is 5.99. The summed E-state index contributed by atoms with van der Waals surface area (Å²) >= 11 is 0. The van der Waals surface area contributed by atoms with Crippen molar-refractivity contribution in [2.45, 2.75) is 38.9 Å². The molecule has 1 aromatic carbocycles. The van der Waals surface area contributed by atoms with E-state index in [0.29, 0.717) is 26.1 Å². The van der Waals surface area contributed by atoms with E-state index < -0.39 is 0 Å². The summed E-state index contributed by atoms with van der Waals surface area (Å²) in [6.07, 6.45) is 1.19. The lowest BCUT2D eigenvalue weighted by atomic mass is 9.89. The van der Waals surface area contributed by atoms with Gasteiger partial charge in [0.2, 0.25) is 0 Å². The van der Waals surface area contributed by atoms with Crippen molar-refractivity contribution in [1.82, 2.24) is 10.2 Å². The maximum absolute atomic E-state index is 12.1. The lowest BCUT2D eigenvalue weighted by Crippen LogP contribution is -2.44. The van der Waals surface area contributed by atoms with Crippen LogP contribution >= 0.6 is 0 Å². The summed E-state index contributed by atoms with van der Waals surface area (Å²) in [5.74, 6) is 1.56. The van der Waals surface area contributed by atoms with Crippen LogP contribution in [0, 0.1) is 0 Å². The largest absolute Gasteiger partial charge is 0.496 e. The summed E-state index contributed by atoms with van der Waals surface area (Å²) in [6.45, 7) is 3.66. The molecule has 1 aliphatic heterocycles. The number of carbonyl (C=O) groups excluding carboxylic acids is 1. The molecule has 0 fully saturated rings. The average Bonchev–Trinajstić information content (AvgIpc) is 2.65.